The van der Waals surface area contributed by atoms with Crippen LogP contribution in [0.2, 0.25) is 0 Å². The standard InChI is InChI=1S/C12H10F3N3O2.C2HF3O2/c13-12(14,15)11-17-10(18-20-11)7-1-3-8(4-2-7)19-9-5-16-6-9;3-2(4,5)1(6)7/h1-4,9,16H,5-6H2;(H,6,7). The normalized spacial score (nSPS) is 14.7. The minimum atomic E-state index is -5.08. The zero-order valence-corrected chi connectivity index (χ0v) is 13.1. The first-order chi connectivity index (χ1) is 12.5. The van der Waals surface area contributed by atoms with Crippen LogP contribution in [0, 0.1) is 0 Å². The summed E-state index contributed by atoms with van der Waals surface area (Å²) in [5.74, 6) is -3.56. The second-order valence-electron chi connectivity index (χ2n) is 5.15. The molecule has 2 aromatic rings. The average Bonchev–Trinajstić information content (AvgIpc) is 3.01. The Morgan fingerprint density at radius 1 is 1.15 bits per heavy atom. The maximum Gasteiger partial charge on any atom is 0.490 e. The van der Waals surface area contributed by atoms with E-state index in [2.05, 4.69) is 20.0 Å². The van der Waals surface area contributed by atoms with E-state index >= 15 is 0 Å². The van der Waals surface area contributed by atoms with Gasteiger partial charge in [0, 0.05) is 18.7 Å². The number of hydrogen-bond acceptors (Lipinski definition) is 6. The summed E-state index contributed by atoms with van der Waals surface area (Å²) in [6, 6.07) is 6.51. The number of aliphatic carboxylic acids is 1. The van der Waals surface area contributed by atoms with Gasteiger partial charge in [-0.3, -0.25) is 0 Å². The van der Waals surface area contributed by atoms with Crippen molar-refractivity contribution in [3.8, 4) is 17.1 Å². The number of aromatic nitrogens is 2. The van der Waals surface area contributed by atoms with E-state index in [-0.39, 0.29) is 11.9 Å². The van der Waals surface area contributed by atoms with Crippen LogP contribution >= 0.6 is 0 Å². The van der Waals surface area contributed by atoms with Gasteiger partial charge >= 0.3 is 24.2 Å². The van der Waals surface area contributed by atoms with Gasteiger partial charge in [0.25, 0.3) is 0 Å². The Morgan fingerprint density at radius 3 is 2.07 bits per heavy atom. The van der Waals surface area contributed by atoms with Crippen LogP contribution in [0.5, 0.6) is 5.75 Å². The van der Waals surface area contributed by atoms with Crippen LogP contribution < -0.4 is 10.1 Å². The molecule has 0 atom stereocenters. The number of alkyl halides is 6. The van der Waals surface area contributed by atoms with Crippen LogP contribution in [0.4, 0.5) is 26.3 Å². The van der Waals surface area contributed by atoms with Crippen molar-refractivity contribution in [2.75, 3.05) is 13.1 Å². The van der Waals surface area contributed by atoms with Crippen LogP contribution in [-0.4, -0.2) is 46.6 Å². The molecule has 0 saturated carbocycles. The third kappa shape index (κ3) is 5.84. The fourth-order valence-electron chi connectivity index (χ4n) is 1.68. The second-order valence-corrected chi connectivity index (χ2v) is 5.15. The topological polar surface area (TPSA) is 97.5 Å². The van der Waals surface area contributed by atoms with Gasteiger partial charge in [-0.05, 0) is 24.3 Å². The van der Waals surface area contributed by atoms with E-state index < -0.39 is 24.2 Å². The fraction of sp³-hybridized carbons (Fsp3) is 0.357. The van der Waals surface area contributed by atoms with E-state index in [0.29, 0.717) is 11.3 Å². The van der Waals surface area contributed by atoms with Crippen molar-refractivity contribution in [1.29, 1.82) is 0 Å². The first kappa shape index (κ1) is 20.5. The molecular weight excluding hydrogens is 388 g/mol. The summed E-state index contributed by atoms with van der Waals surface area (Å²) in [5, 5.41) is 13.5. The Bertz CT molecular complexity index is 768. The zero-order valence-electron chi connectivity index (χ0n) is 13.1. The molecule has 1 fully saturated rings. The average molecular weight is 399 g/mol. The van der Waals surface area contributed by atoms with Gasteiger partial charge in [-0.15, -0.1) is 0 Å². The third-order valence-electron chi connectivity index (χ3n) is 3.07. The smallest absolute Gasteiger partial charge is 0.488 e. The van der Waals surface area contributed by atoms with Gasteiger partial charge in [-0.2, -0.15) is 31.3 Å². The van der Waals surface area contributed by atoms with Crippen LogP contribution in [0.1, 0.15) is 5.89 Å². The van der Waals surface area contributed by atoms with Crippen molar-refractivity contribution in [2.24, 2.45) is 0 Å². The Morgan fingerprint density at radius 2 is 1.70 bits per heavy atom. The molecule has 2 heterocycles. The molecule has 148 valence electrons. The van der Waals surface area contributed by atoms with Crippen LogP contribution in [0.3, 0.4) is 0 Å². The molecule has 13 heteroatoms. The highest BCUT2D eigenvalue weighted by atomic mass is 19.4. The molecule has 0 aliphatic carbocycles. The van der Waals surface area contributed by atoms with Crippen LogP contribution in [-0.2, 0) is 11.0 Å². The van der Waals surface area contributed by atoms with Gasteiger partial charge in [0.2, 0.25) is 5.82 Å². The van der Waals surface area contributed by atoms with E-state index in [1.165, 1.54) is 0 Å². The number of nitrogens with zero attached hydrogens (tertiary/aromatic N) is 2. The van der Waals surface area contributed by atoms with Gasteiger partial charge in [0.15, 0.2) is 0 Å². The number of halogens is 6. The van der Waals surface area contributed by atoms with Crippen molar-refractivity contribution < 1.29 is 45.5 Å². The molecule has 27 heavy (non-hydrogen) atoms. The Labute approximate surface area is 146 Å². The van der Waals surface area contributed by atoms with Gasteiger partial charge in [-0.25, -0.2) is 4.79 Å². The predicted octanol–water partition coefficient (Wildman–Crippen LogP) is 2.74. The number of carbonyl (C=O) groups is 1. The van der Waals surface area contributed by atoms with Crippen molar-refractivity contribution in [3.05, 3.63) is 30.2 Å². The molecule has 0 unspecified atom stereocenters. The Balaban J connectivity index is 0.000000321. The summed E-state index contributed by atoms with van der Waals surface area (Å²) in [6.45, 7) is 1.59. The highest BCUT2D eigenvalue weighted by Crippen LogP contribution is 2.29. The molecule has 1 aliphatic rings. The Hall–Kier alpha value is -2.83. The van der Waals surface area contributed by atoms with E-state index in [4.69, 9.17) is 14.6 Å². The Kier molecular flexibility index (Phi) is 5.93. The minimum Gasteiger partial charge on any atom is -0.488 e. The van der Waals surface area contributed by atoms with Gasteiger partial charge in [0.1, 0.15) is 11.9 Å². The highest BCUT2D eigenvalue weighted by Gasteiger charge is 2.39. The number of carboxylic acids is 1. The molecular formula is C14H11F6N3O4. The van der Waals surface area contributed by atoms with Gasteiger partial charge in [-0.1, -0.05) is 5.16 Å². The number of hydrogen-bond donors (Lipinski definition) is 2. The van der Waals surface area contributed by atoms with Crippen LogP contribution in [0.15, 0.2) is 28.8 Å². The van der Waals surface area contributed by atoms with Crippen molar-refractivity contribution in [1.82, 2.24) is 15.5 Å². The molecule has 3 rings (SSSR count). The predicted molar refractivity (Wildman–Crippen MR) is 75.7 cm³/mol. The summed E-state index contributed by atoms with van der Waals surface area (Å²) in [7, 11) is 0. The van der Waals surface area contributed by atoms with E-state index in [1.54, 1.807) is 24.3 Å². The highest BCUT2D eigenvalue weighted by molar-refractivity contribution is 5.73. The largest absolute Gasteiger partial charge is 0.490 e. The van der Waals surface area contributed by atoms with Crippen molar-refractivity contribution in [3.63, 3.8) is 0 Å². The lowest BCUT2D eigenvalue weighted by Crippen LogP contribution is -2.50. The summed E-state index contributed by atoms with van der Waals surface area (Å²) in [5.41, 5.74) is 0.434. The molecule has 0 amide bonds. The first-order valence-corrected chi connectivity index (χ1v) is 7.15. The second kappa shape index (κ2) is 7.82. The summed E-state index contributed by atoms with van der Waals surface area (Å²) in [6.07, 6.45) is -9.58. The van der Waals surface area contributed by atoms with E-state index in [0.717, 1.165) is 13.1 Å². The van der Waals surface area contributed by atoms with E-state index in [1.807, 2.05) is 0 Å². The lowest BCUT2D eigenvalue weighted by molar-refractivity contribution is -0.192. The fourth-order valence-corrected chi connectivity index (χ4v) is 1.68. The molecule has 1 aromatic carbocycles. The molecule has 0 bridgehead atoms. The third-order valence-corrected chi connectivity index (χ3v) is 3.07. The van der Waals surface area contributed by atoms with Crippen molar-refractivity contribution in [2.45, 2.75) is 18.5 Å². The number of nitrogens with one attached hydrogen (secondary N) is 1. The summed E-state index contributed by atoms with van der Waals surface area (Å²) in [4.78, 5) is 12.2. The lowest BCUT2D eigenvalue weighted by atomic mass is 10.2. The summed E-state index contributed by atoms with van der Waals surface area (Å²) < 4.78 is 78.6. The SMILES string of the molecule is FC(F)(F)c1nc(-c2ccc(OC3CNC3)cc2)no1.O=C(O)C(F)(F)F. The first-order valence-electron chi connectivity index (χ1n) is 7.15. The summed E-state index contributed by atoms with van der Waals surface area (Å²) >= 11 is 0. The minimum absolute atomic E-state index is 0.103. The van der Waals surface area contributed by atoms with Crippen molar-refractivity contribution >= 4 is 5.97 Å². The number of carboxylic acid groups (broad SMARTS) is 1. The molecule has 1 aromatic heterocycles. The molecule has 7 nitrogen and oxygen atoms in total. The molecule has 0 radical (unpaired) electrons. The molecule has 2 N–H and O–H groups in total. The zero-order chi connectivity index (χ0) is 20.2. The van der Waals surface area contributed by atoms with Gasteiger partial charge < -0.3 is 19.7 Å². The lowest BCUT2D eigenvalue weighted by Gasteiger charge is -2.27. The molecule has 1 saturated heterocycles. The van der Waals surface area contributed by atoms with E-state index in [9.17, 15) is 26.3 Å². The number of rotatable bonds is 3. The molecule has 0 spiro atoms. The van der Waals surface area contributed by atoms with Crippen LogP contribution in [0.25, 0.3) is 11.4 Å². The molecule has 1 aliphatic heterocycles. The van der Waals surface area contributed by atoms with Gasteiger partial charge in [0.05, 0.1) is 0 Å². The quantitative estimate of drug-likeness (QED) is 0.766. The monoisotopic (exact) mass is 399 g/mol. The number of benzene rings is 1. The maximum atomic E-state index is 12.3. The number of ether oxygens (including phenoxy) is 1. The maximum absolute atomic E-state index is 12.3.